The molecule has 2 nitrogen and oxygen atoms in total. The van der Waals surface area contributed by atoms with E-state index < -0.39 is 0 Å². The number of halogens is 1. The van der Waals surface area contributed by atoms with Crippen molar-refractivity contribution >= 4 is 21.6 Å². The van der Waals surface area contributed by atoms with Crippen LogP contribution in [0.15, 0.2) is 16.6 Å². The molecule has 2 N–H and O–H groups in total. The predicted molar refractivity (Wildman–Crippen MR) is 79.9 cm³/mol. The molecule has 100 valence electrons. The van der Waals surface area contributed by atoms with E-state index >= 15 is 0 Å². The quantitative estimate of drug-likeness (QED) is 0.814. The summed E-state index contributed by atoms with van der Waals surface area (Å²) in [5.74, 6) is 2.44. The molecule has 0 amide bonds. The third-order valence-corrected chi connectivity index (χ3v) is 4.37. The standard InChI is InChI=1S/C15H22BrNO/c1-9-4-10(2)6-12(5-9)18-15-7-11(3)14(17)8-13(15)16/h7-10,12H,4-6,17H2,1-3H3. The maximum atomic E-state index is 6.16. The second-order valence-electron chi connectivity index (χ2n) is 5.80. The molecule has 0 radical (unpaired) electrons. The van der Waals surface area contributed by atoms with Crippen molar-refractivity contribution in [1.82, 2.24) is 0 Å². The first-order valence-corrected chi connectivity index (χ1v) is 7.47. The summed E-state index contributed by atoms with van der Waals surface area (Å²) in [6.07, 6.45) is 3.96. The molecule has 1 aromatic carbocycles. The molecule has 1 aliphatic rings. The average Bonchev–Trinajstić information content (AvgIpc) is 2.24. The number of aryl methyl sites for hydroxylation is 1. The summed E-state index contributed by atoms with van der Waals surface area (Å²) in [6, 6.07) is 3.96. The lowest BCUT2D eigenvalue weighted by atomic mass is 9.82. The van der Waals surface area contributed by atoms with E-state index in [-0.39, 0.29) is 0 Å². The van der Waals surface area contributed by atoms with E-state index in [1.807, 2.05) is 19.1 Å². The molecule has 2 atom stereocenters. The highest BCUT2D eigenvalue weighted by Crippen LogP contribution is 2.35. The molecular formula is C15H22BrNO. The molecule has 1 saturated carbocycles. The first kappa shape index (κ1) is 13.7. The number of anilines is 1. The van der Waals surface area contributed by atoms with Crippen LogP contribution in [-0.4, -0.2) is 6.10 Å². The summed E-state index contributed by atoms with van der Waals surface area (Å²) in [5, 5.41) is 0. The minimum atomic E-state index is 0.336. The Morgan fingerprint density at radius 2 is 1.78 bits per heavy atom. The van der Waals surface area contributed by atoms with E-state index in [2.05, 4.69) is 29.8 Å². The number of nitrogens with two attached hydrogens (primary N) is 1. The Balaban J connectivity index is 2.11. The third kappa shape index (κ3) is 3.19. The molecule has 1 fully saturated rings. The van der Waals surface area contributed by atoms with Gasteiger partial charge in [0.15, 0.2) is 0 Å². The van der Waals surface area contributed by atoms with Gasteiger partial charge in [0.1, 0.15) is 5.75 Å². The fourth-order valence-corrected chi connectivity index (χ4v) is 3.36. The van der Waals surface area contributed by atoms with E-state index in [0.717, 1.165) is 46.2 Å². The third-order valence-electron chi connectivity index (χ3n) is 3.75. The molecule has 3 heteroatoms. The Bertz CT molecular complexity index is 423. The van der Waals surface area contributed by atoms with Gasteiger partial charge in [-0.05, 0) is 71.6 Å². The zero-order chi connectivity index (χ0) is 13.3. The lowest BCUT2D eigenvalue weighted by molar-refractivity contribution is 0.100. The van der Waals surface area contributed by atoms with Crippen molar-refractivity contribution in [2.24, 2.45) is 11.8 Å². The van der Waals surface area contributed by atoms with Crippen molar-refractivity contribution in [2.45, 2.75) is 46.1 Å². The minimum absolute atomic E-state index is 0.336. The zero-order valence-electron chi connectivity index (χ0n) is 11.4. The van der Waals surface area contributed by atoms with Gasteiger partial charge in [0, 0.05) is 5.69 Å². The molecule has 0 aliphatic heterocycles. The molecule has 1 aromatic rings. The molecule has 0 bridgehead atoms. The largest absolute Gasteiger partial charge is 0.489 e. The van der Waals surface area contributed by atoms with Crippen LogP contribution in [0, 0.1) is 18.8 Å². The summed E-state index contributed by atoms with van der Waals surface area (Å²) in [7, 11) is 0. The summed E-state index contributed by atoms with van der Waals surface area (Å²) in [6.45, 7) is 6.64. The van der Waals surface area contributed by atoms with Gasteiger partial charge < -0.3 is 10.5 Å². The normalized spacial score (nSPS) is 28.1. The van der Waals surface area contributed by atoms with E-state index in [1.54, 1.807) is 0 Å². The first-order chi connectivity index (χ1) is 8.45. The molecule has 0 spiro atoms. The number of rotatable bonds is 2. The summed E-state index contributed by atoms with van der Waals surface area (Å²) in [5.41, 5.74) is 7.76. The number of hydrogen-bond acceptors (Lipinski definition) is 2. The van der Waals surface area contributed by atoms with Crippen LogP contribution in [0.1, 0.15) is 38.7 Å². The molecular weight excluding hydrogens is 290 g/mol. The first-order valence-electron chi connectivity index (χ1n) is 6.68. The van der Waals surface area contributed by atoms with Gasteiger partial charge in [0.2, 0.25) is 0 Å². The molecule has 1 aliphatic carbocycles. The van der Waals surface area contributed by atoms with Gasteiger partial charge in [-0.3, -0.25) is 0 Å². The Kier molecular flexibility index (Phi) is 4.21. The highest BCUT2D eigenvalue weighted by molar-refractivity contribution is 9.10. The predicted octanol–water partition coefficient (Wildman–Crippen LogP) is 4.54. The SMILES string of the molecule is Cc1cc(OC2CC(C)CC(C)C2)c(Br)cc1N. The van der Waals surface area contributed by atoms with Crippen LogP contribution in [-0.2, 0) is 0 Å². The highest BCUT2D eigenvalue weighted by Gasteiger charge is 2.25. The summed E-state index contributed by atoms with van der Waals surface area (Å²) < 4.78 is 7.12. The smallest absolute Gasteiger partial charge is 0.134 e. The Morgan fingerprint density at radius 1 is 1.17 bits per heavy atom. The zero-order valence-corrected chi connectivity index (χ0v) is 13.0. The lowest BCUT2D eigenvalue weighted by Crippen LogP contribution is -2.28. The van der Waals surface area contributed by atoms with Crippen LogP contribution in [0.25, 0.3) is 0 Å². The number of ether oxygens (including phenoxy) is 1. The molecule has 2 rings (SSSR count). The van der Waals surface area contributed by atoms with Crippen molar-refractivity contribution in [3.8, 4) is 5.75 Å². The van der Waals surface area contributed by atoms with Crippen LogP contribution in [0.3, 0.4) is 0 Å². The van der Waals surface area contributed by atoms with Gasteiger partial charge >= 0.3 is 0 Å². The molecule has 2 unspecified atom stereocenters. The number of nitrogen functional groups attached to an aromatic ring is 1. The number of benzene rings is 1. The van der Waals surface area contributed by atoms with Gasteiger partial charge in [-0.1, -0.05) is 13.8 Å². The maximum absolute atomic E-state index is 6.16. The fourth-order valence-electron chi connectivity index (χ4n) is 2.91. The van der Waals surface area contributed by atoms with Gasteiger partial charge in [0.25, 0.3) is 0 Å². The summed E-state index contributed by atoms with van der Waals surface area (Å²) in [4.78, 5) is 0. The van der Waals surface area contributed by atoms with Crippen LogP contribution < -0.4 is 10.5 Å². The second kappa shape index (κ2) is 5.52. The van der Waals surface area contributed by atoms with Crippen molar-refractivity contribution in [1.29, 1.82) is 0 Å². The van der Waals surface area contributed by atoms with Crippen LogP contribution >= 0.6 is 15.9 Å². The average molecular weight is 312 g/mol. The van der Waals surface area contributed by atoms with E-state index in [1.165, 1.54) is 6.42 Å². The van der Waals surface area contributed by atoms with Crippen molar-refractivity contribution < 1.29 is 4.74 Å². The Labute approximate surface area is 118 Å². The fraction of sp³-hybridized carbons (Fsp3) is 0.600. The highest BCUT2D eigenvalue weighted by atomic mass is 79.9. The van der Waals surface area contributed by atoms with E-state index in [4.69, 9.17) is 10.5 Å². The van der Waals surface area contributed by atoms with Crippen LogP contribution in [0.5, 0.6) is 5.75 Å². The molecule has 0 aromatic heterocycles. The van der Waals surface area contributed by atoms with Gasteiger partial charge in [-0.25, -0.2) is 0 Å². The molecule has 18 heavy (non-hydrogen) atoms. The molecule has 0 saturated heterocycles. The van der Waals surface area contributed by atoms with Crippen molar-refractivity contribution in [2.75, 3.05) is 5.73 Å². The van der Waals surface area contributed by atoms with Gasteiger partial charge in [-0.2, -0.15) is 0 Å². The van der Waals surface area contributed by atoms with Crippen molar-refractivity contribution in [3.63, 3.8) is 0 Å². The van der Waals surface area contributed by atoms with Crippen molar-refractivity contribution in [3.05, 3.63) is 22.2 Å². The second-order valence-corrected chi connectivity index (χ2v) is 6.65. The van der Waals surface area contributed by atoms with Crippen LogP contribution in [0.2, 0.25) is 0 Å². The molecule has 0 heterocycles. The minimum Gasteiger partial charge on any atom is -0.489 e. The van der Waals surface area contributed by atoms with Crippen LogP contribution in [0.4, 0.5) is 5.69 Å². The lowest BCUT2D eigenvalue weighted by Gasteiger charge is -2.32. The van der Waals surface area contributed by atoms with Gasteiger partial charge in [0.05, 0.1) is 10.6 Å². The van der Waals surface area contributed by atoms with Gasteiger partial charge in [-0.15, -0.1) is 0 Å². The van der Waals surface area contributed by atoms with E-state index in [9.17, 15) is 0 Å². The topological polar surface area (TPSA) is 35.2 Å². The Morgan fingerprint density at radius 3 is 2.39 bits per heavy atom. The Hall–Kier alpha value is -0.700. The maximum Gasteiger partial charge on any atom is 0.134 e. The summed E-state index contributed by atoms with van der Waals surface area (Å²) >= 11 is 3.53. The van der Waals surface area contributed by atoms with E-state index in [0.29, 0.717) is 6.10 Å². The number of hydrogen-bond donors (Lipinski definition) is 1. The monoisotopic (exact) mass is 311 g/mol.